The number of hydrogen-bond acceptors (Lipinski definition) is 6. The molecule has 0 aliphatic carbocycles. The molecule has 1 N–H and O–H groups in total. The molecule has 0 fully saturated rings. The van der Waals surface area contributed by atoms with E-state index >= 15 is 0 Å². The molecule has 166 valence electrons. The van der Waals surface area contributed by atoms with Crippen molar-refractivity contribution in [3.8, 4) is 5.75 Å². The van der Waals surface area contributed by atoms with E-state index in [-0.39, 0.29) is 24.5 Å². The largest absolute Gasteiger partial charge is 0.494 e. The first-order valence-corrected chi connectivity index (χ1v) is 11.7. The number of ketones is 1. The summed E-state index contributed by atoms with van der Waals surface area (Å²) in [4.78, 5) is 33.0. The number of benzene rings is 2. The van der Waals surface area contributed by atoms with Crippen LogP contribution in [0.25, 0.3) is 0 Å². The van der Waals surface area contributed by atoms with Crippen molar-refractivity contribution in [1.82, 2.24) is 9.88 Å². The fourth-order valence-electron chi connectivity index (χ4n) is 3.74. The SMILES string of the molecule is CCOc1ccc(C(=O)CCC(=O)Nc2nc3c(s2)CN(Cc2ccccc2)CC3)cc1. The summed E-state index contributed by atoms with van der Waals surface area (Å²) in [6.07, 6.45) is 1.18. The van der Waals surface area contributed by atoms with E-state index in [2.05, 4.69) is 39.5 Å². The number of ether oxygens (including phenoxy) is 1. The Balaban J connectivity index is 1.27. The van der Waals surface area contributed by atoms with Crippen LogP contribution in [0.2, 0.25) is 0 Å². The number of hydrogen-bond donors (Lipinski definition) is 1. The lowest BCUT2D eigenvalue weighted by atomic mass is 10.1. The number of anilines is 1. The highest BCUT2D eigenvalue weighted by molar-refractivity contribution is 7.15. The van der Waals surface area contributed by atoms with Crippen LogP contribution in [0.1, 0.15) is 46.3 Å². The summed E-state index contributed by atoms with van der Waals surface area (Å²) in [6.45, 7) is 5.20. The molecule has 1 aliphatic rings. The molecule has 1 aromatic heterocycles. The molecule has 0 saturated heterocycles. The summed E-state index contributed by atoms with van der Waals surface area (Å²) in [6, 6.07) is 17.5. The first-order chi connectivity index (χ1) is 15.6. The first kappa shape index (κ1) is 22.2. The number of thiazole rings is 1. The minimum absolute atomic E-state index is 0.0572. The van der Waals surface area contributed by atoms with Gasteiger partial charge in [-0.3, -0.25) is 14.5 Å². The zero-order valence-electron chi connectivity index (χ0n) is 18.2. The van der Waals surface area contributed by atoms with Crippen LogP contribution >= 0.6 is 11.3 Å². The van der Waals surface area contributed by atoms with Crippen molar-refractivity contribution < 1.29 is 14.3 Å². The van der Waals surface area contributed by atoms with Crippen LogP contribution in [-0.2, 0) is 24.3 Å². The number of Topliss-reactive ketones (excluding diaryl/α,β-unsaturated/α-hetero) is 1. The molecule has 4 rings (SSSR count). The number of fused-ring (bicyclic) bond motifs is 1. The van der Waals surface area contributed by atoms with Crippen LogP contribution in [0.3, 0.4) is 0 Å². The molecule has 3 aromatic rings. The van der Waals surface area contributed by atoms with E-state index < -0.39 is 0 Å². The quantitative estimate of drug-likeness (QED) is 0.480. The molecule has 7 heteroatoms. The van der Waals surface area contributed by atoms with E-state index in [0.717, 1.165) is 37.5 Å². The number of nitrogens with zero attached hydrogens (tertiary/aromatic N) is 2. The van der Waals surface area contributed by atoms with Crippen molar-refractivity contribution in [3.05, 3.63) is 76.3 Å². The lowest BCUT2D eigenvalue weighted by Gasteiger charge is -2.25. The topological polar surface area (TPSA) is 71.5 Å². The maximum atomic E-state index is 12.4. The van der Waals surface area contributed by atoms with Gasteiger partial charge in [0.05, 0.1) is 12.3 Å². The highest BCUT2D eigenvalue weighted by Crippen LogP contribution is 2.29. The van der Waals surface area contributed by atoms with E-state index in [1.165, 1.54) is 21.8 Å². The first-order valence-electron chi connectivity index (χ1n) is 10.9. The third-order valence-electron chi connectivity index (χ3n) is 5.37. The molecule has 1 amide bonds. The van der Waals surface area contributed by atoms with E-state index in [0.29, 0.717) is 17.3 Å². The van der Waals surface area contributed by atoms with Crippen molar-refractivity contribution >= 4 is 28.2 Å². The Morgan fingerprint density at radius 1 is 1.09 bits per heavy atom. The smallest absolute Gasteiger partial charge is 0.226 e. The van der Waals surface area contributed by atoms with Crippen LogP contribution in [0.4, 0.5) is 5.13 Å². The number of amides is 1. The Hall–Kier alpha value is -3.03. The van der Waals surface area contributed by atoms with Crippen LogP contribution in [0.5, 0.6) is 5.75 Å². The van der Waals surface area contributed by atoms with E-state index in [4.69, 9.17) is 4.74 Å². The van der Waals surface area contributed by atoms with Gasteiger partial charge in [0.2, 0.25) is 5.91 Å². The fraction of sp³-hybridized carbons (Fsp3) is 0.320. The average Bonchev–Trinajstić information content (AvgIpc) is 3.20. The van der Waals surface area contributed by atoms with Crippen molar-refractivity contribution in [3.63, 3.8) is 0 Å². The maximum Gasteiger partial charge on any atom is 0.226 e. The highest BCUT2D eigenvalue weighted by Gasteiger charge is 2.21. The molecule has 32 heavy (non-hydrogen) atoms. The van der Waals surface area contributed by atoms with Gasteiger partial charge in [0.1, 0.15) is 5.75 Å². The highest BCUT2D eigenvalue weighted by atomic mass is 32.1. The predicted molar refractivity (Wildman–Crippen MR) is 126 cm³/mol. The van der Waals surface area contributed by atoms with Crippen molar-refractivity contribution in [2.24, 2.45) is 0 Å². The number of rotatable bonds is 9. The van der Waals surface area contributed by atoms with Crippen molar-refractivity contribution in [1.29, 1.82) is 0 Å². The van der Waals surface area contributed by atoms with Crippen molar-refractivity contribution in [2.75, 3.05) is 18.5 Å². The van der Waals surface area contributed by atoms with Crippen LogP contribution in [0, 0.1) is 0 Å². The minimum atomic E-state index is -0.184. The standard InChI is InChI=1S/C25H27N3O3S/c1-2-31-20-10-8-19(9-11-20)22(29)12-13-24(30)27-25-26-21-14-15-28(17-23(21)32-25)16-18-6-4-3-5-7-18/h3-11H,2,12-17H2,1H3,(H,26,27,30). The lowest BCUT2D eigenvalue weighted by Crippen LogP contribution is -2.29. The molecular formula is C25H27N3O3S. The minimum Gasteiger partial charge on any atom is -0.494 e. The average molecular weight is 450 g/mol. The van der Waals surface area contributed by atoms with Gasteiger partial charge >= 0.3 is 0 Å². The Bertz CT molecular complexity index is 1060. The second kappa shape index (κ2) is 10.5. The number of nitrogens with one attached hydrogen (secondary N) is 1. The lowest BCUT2D eigenvalue weighted by molar-refractivity contribution is -0.116. The van der Waals surface area contributed by atoms with Gasteiger partial charge in [-0.2, -0.15) is 0 Å². The van der Waals surface area contributed by atoms with Crippen LogP contribution in [0.15, 0.2) is 54.6 Å². The Morgan fingerprint density at radius 3 is 2.62 bits per heavy atom. The molecule has 0 saturated carbocycles. The van der Waals surface area contributed by atoms with Crippen molar-refractivity contribution in [2.45, 2.75) is 39.3 Å². The summed E-state index contributed by atoms with van der Waals surface area (Å²) >= 11 is 1.53. The fourth-order valence-corrected chi connectivity index (χ4v) is 4.80. The van der Waals surface area contributed by atoms with Gasteiger partial charge in [-0.15, -0.1) is 11.3 Å². The summed E-state index contributed by atoms with van der Waals surface area (Å²) < 4.78 is 5.39. The van der Waals surface area contributed by atoms with Gasteiger partial charge in [0, 0.05) is 49.3 Å². The Morgan fingerprint density at radius 2 is 1.88 bits per heavy atom. The Labute approximate surface area is 192 Å². The predicted octanol–water partition coefficient (Wildman–Crippen LogP) is 4.70. The van der Waals surface area contributed by atoms with Crippen LogP contribution in [-0.4, -0.2) is 34.7 Å². The van der Waals surface area contributed by atoms with Gasteiger partial charge < -0.3 is 10.1 Å². The van der Waals surface area contributed by atoms with E-state index in [1.807, 2.05) is 13.0 Å². The molecule has 0 unspecified atom stereocenters. The van der Waals surface area contributed by atoms with E-state index in [1.54, 1.807) is 24.3 Å². The van der Waals surface area contributed by atoms with Gasteiger partial charge in [-0.1, -0.05) is 30.3 Å². The normalized spacial score (nSPS) is 13.4. The monoisotopic (exact) mass is 449 g/mol. The number of carbonyl (C=O) groups excluding carboxylic acids is 2. The molecule has 2 heterocycles. The van der Waals surface area contributed by atoms with Crippen LogP contribution < -0.4 is 10.1 Å². The summed E-state index contributed by atoms with van der Waals surface area (Å²) in [7, 11) is 0. The summed E-state index contributed by atoms with van der Waals surface area (Å²) in [5.74, 6) is 0.492. The second-order valence-electron chi connectivity index (χ2n) is 7.76. The Kier molecular flexibility index (Phi) is 7.29. The molecule has 0 bridgehead atoms. The molecule has 0 radical (unpaired) electrons. The molecule has 0 spiro atoms. The molecule has 6 nitrogen and oxygen atoms in total. The molecule has 0 atom stereocenters. The molecular weight excluding hydrogens is 422 g/mol. The summed E-state index contributed by atoms with van der Waals surface area (Å²) in [5, 5.41) is 3.49. The molecule has 1 aliphatic heterocycles. The van der Waals surface area contributed by atoms with Gasteiger partial charge in [0.25, 0.3) is 0 Å². The number of aromatic nitrogens is 1. The summed E-state index contributed by atoms with van der Waals surface area (Å²) in [5.41, 5.74) is 2.95. The van der Waals surface area contributed by atoms with E-state index in [9.17, 15) is 9.59 Å². The molecule has 2 aromatic carbocycles. The second-order valence-corrected chi connectivity index (χ2v) is 8.85. The van der Waals surface area contributed by atoms with Gasteiger partial charge in [-0.05, 0) is 36.8 Å². The third-order valence-corrected chi connectivity index (χ3v) is 6.37. The zero-order chi connectivity index (χ0) is 22.3. The van der Waals surface area contributed by atoms with Gasteiger partial charge in [0.15, 0.2) is 10.9 Å². The third kappa shape index (κ3) is 5.81. The van der Waals surface area contributed by atoms with Gasteiger partial charge in [-0.25, -0.2) is 4.98 Å². The zero-order valence-corrected chi connectivity index (χ0v) is 19.0. The number of carbonyl (C=O) groups is 2. The maximum absolute atomic E-state index is 12.4.